The molecule has 1 unspecified atom stereocenters. The van der Waals surface area contributed by atoms with E-state index < -0.39 is 5.92 Å². The third-order valence-corrected chi connectivity index (χ3v) is 4.75. The smallest absolute Gasteiger partial charge is 0.239 e. The Kier molecular flexibility index (Phi) is 6.19. The molecular formula is C21H24FN3O2. The Balaban J connectivity index is 1.46. The molecule has 1 fully saturated rings. The van der Waals surface area contributed by atoms with Crippen LogP contribution in [0.2, 0.25) is 0 Å². The number of carbonyl (C=O) groups excluding carboxylic acids is 2. The summed E-state index contributed by atoms with van der Waals surface area (Å²) in [7, 11) is 2.00. The Morgan fingerprint density at radius 2 is 1.89 bits per heavy atom. The lowest BCUT2D eigenvalue weighted by Crippen LogP contribution is -2.39. The molecule has 27 heavy (non-hydrogen) atoms. The van der Waals surface area contributed by atoms with Gasteiger partial charge in [0, 0.05) is 31.9 Å². The van der Waals surface area contributed by atoms with E-state index in [1.807, 2.05) is 25.2 Å². The fourth-order valence-electron chi connectivity index (χ4n) is 3.27. The lowest BCUT2D eigenvalue weighted by Gasteiger charge is -2.18. The summed E-state index contributed by atoms with van der Waals surface area (Å²) in [5, 5.41) is 2.86. The van der Waals surface area contributed by atoms with E-state index in [-0.39, 0.29) is 17.6 Å². The average Bonchev–Trinajstić information content (AvgIpc) is 3.04. The highest BCUT2D eigenvalue weighted by molar-refractivity contribution is 6.09. The second-order valence-corrected chi connectivity index (χ2v) is 6.82. The standard InChI is InChI=1S/C21H24FN3O2/c1-24(15-16-5-3-2-4-6-16)14-12-23-20(26)19-11-13-25(21(19)27)18-9-7-17(22)8-10-18/h2-10,19H,11-15H2,1H3,(H,23,26). The first-order chi connectivity index (χ1) is 13.0. The molecule has 0 aliphatic carbocycles. The number of amides is 2. The number of hydrogen-bond acceptors (Lipinski definition) is 3. The molecule has 0 aromatic heterocycles. The van der Waals surface area contributed by atoms with Crippen molar-refractivity contribution < 1.29 is 14.0 Å². The van der Waals surface area contributed by atoms with Gasteiger partial charge in [-0.2, -0.15) is 0 Å². The minimum Gasteiger partial charge on any atom is -0.354 e. The third-order valence-electron chi connectivity index (χ3n) is 4.75. The van der Waals surface area contributed by atoms with E-state index in [4.69, 9.17) is 0 Å². The van der Waals surface area contributed by atoms with E-state index in [9.17, 15) is 14.0 Å². The molecule has 1 heterocycles. The van der Waals surface area contributed by atoms with Crippen LogP contribution in [0.25, 0.3) is 0 Å². The number of halogens is 1. The van der Waals surface area contributed by atoms with Crippen LogP contribution in [0.4, 0.5) is 10.1 Å². The summed E-state index contributed by atoms with van der Waals surface area (Å²) in [6.45, 7) is 2.46. The highest BCUT2D eigenvalue weighted by Crippen LogP contribution is 2.25. The minimum absolute atomic E-state index is 0.225. The van der Waals surface area contributed by atoms with E-state index in [0.29, 0.717) is 31.7 Å². The molecule has 2 amide bonds. The summed E-state index contributed by atoms with van der Waals surface area (Å²) < 4.78 is 13.0. The van der Waals surface area contributed by atoms with Crippen molar-refractivity contribution in [1.82, 2.24) is 10.2 Å². The average molecular weight is 369 g/mol. The fraction of sp³-hybridized carbons (Fsp3) is 0.333. The van der Waals surface area contributed by atoms with E-state index in [2.05, 4.69) is 22.3 Å². The molecular weight excluding hydrogens is 345 g/mol. The van der Waals surface area contributed by atoms with Crippen LogP contribution in [-0.2, 0) is 16.1 Å². The van der Waals surface area contributed by atoms with Crippen molar-refractivity contribution in [2.45, 2.75) is 13.0 Å². The zero-order valence-corrected chi connectivity index (χ0v) is 15.4. The second-order valence-electron chi connectivity index (χ2n) is 6.82. The molecule has 0 saturated carbocycles. The van der Waals surface area contributed by atoms with Gasteiger partial charge in [0.15, 0.2) is 0 Å². The maximum absolute atomic E-state index is 13.0. The van der Waals surface area contributed by atoms with Crippen molar-refractivity contribution in [3.63, 3.8) is 0 Å². The summed E-state index contributed by atoms with van der Waals surface area (Å²) >= 11 is 0. The van der Waals surface area contributed by atoms with Crippen LogP contribution in [0.15, 0.2) is 54.6 Å². The maximum atomic E-state index is 13.0. The van der Waals surface area contributed by atoms with Crippen LogP contribution in [0.1, 0.15) is 12.0 Å². The van der Waals surface area contributed by atoms with Gasteiger partial charge in [-0.25, -0.2) is 4.39 Å². The molecule has 142 valence electrons. The van der Waals surface area contributed by atoms with E-state index >= 15 is 0 Å². The van der Waals surface area contributed by atoms with E-state index in [0.717, 1.165) is 6.54 Å². The van der Waals surface area contributed by atoms with Gasteiger partial charge in [-0.15, -0.1) is 0 Å². The molecule has 1 saturated heterocycles. The van der Waals surface area contributed by atoms with Gasteiger partial charge in [-0.1, -0.05) is 30.3 Å². The van der Waals surface area contributed by atoms with Crippen molar-refractivity contribution >= 4 is 17.5 Å². The van der Waals surface area contributed by atoms with Gasteiger partial charge >= 0.3 is 0 Å². The number of hydrogen-bond donors (Lipinski definition) is 1. The molecule has 1 N–H and O–H groups in total. The molecule has 5 nitrogen and oxygen atoms in total. The van der Waals surface area contributed by atoms with E-state index in [1.54, 1.807) is 17.0 Å². The number of nitrogens with one attached hydrogen (secondary N) is 1. The van der Waals surface area contributed by atoms with Crippen LogP contribution >= 0.6 is 0 Å². The van der Waals surface area contributed by atoms with Crippen molar-refractivity contribution in [3.05, 3.63) is 66.0 Å². The van der Waals surface area contributed by atoms with E-state index in [1.165, 1.54) is 17.7 Å². The second kappa shape index (κ2) is 8.77. The molecule has 3 rings (SSSR count). The minimum atomic E-state index is -0.672. The lowest BCUT2D eigenvalue weighted by molar-refractivity contribution is -0.132. The molecule has 0 bridgehead atoms. The number of nitrogens with zero attached hydrogens (tertiary/aromatic N) is 2. The molecule has 2 aromatic rings. The summed E-state index contributed by atoms with van der Waals surface area (Å²) in [4.78, 5) is 28.6. The van der Waals surface area contributed by atoms with Crippen LogP contribution in [0.5, 0.6) is 0 Å². The van der Waals surface area contributed by atoms with Gasteiger partial charge < -0.3 is 15.1 Å². The Labute approximate surface area is 158 Å². The highest BCUT2D eigenvalue weighted by atomic mass is 19.1. The van der Waals surface area contributed by atoms with Gasteiger partial charge in [-0.3, -0.25) is 9.59 Å². The van der Waals surface area contributed by atoms with Gasteiger partial charge in [0.1, 0.15) is 11.7 Å². The SMILES string of the molecule is CN(CCNC(=O)C1CCN(c2ccc(F)cc2)C1=O)Cc1ccccc1. The normalized spacial score (nSPS) is 16.8. The summed E-state index contributed by atoms with van der Waals surface area (Å²) in [5.74, 6) is -1.48. The molecule has 1 aliphatic rings. The quantitative estimate of drug-likeness (QED) is 0.763. The Hall–Kier alpha value is -2.73. The highest BCUT2D eigenvalue weighted by Gasteiger charge is 2.37. The Morgan fingerprint density at radius 1 is 1.19 bits per heavy atom. The zero-order valence-electron chi connectivity index (χ0n) is 15.4. The van der Waals surface area contributed by atoms with Gasteiger partial charge in [0.25, 0.3) is 0 Å². The topological polar surface area (TPSA) is 52.7 Å². The molecule has 0 spiro atoms. The van der Waals surface area contributed by atoms with Gasteiger partial charge in [-0.05, 0) is 43.3 Å². The predicted octanol–water partition coefficient (Wildman–Crippen LogP) is 2.43. The number of anilines is 1. The summed E-state index contributed by atoms with van der Waals surface area (Å²) in [5.41, 5.74) is 1.84. The van der Waals surface area contributed by atoms with Crippen LogP contribution in [0, 0.1) is 11.7 Å². The van der Waals surface area contributed by atoms with Crippen LogP contribution in [-0.4, -0.2) is 43.4 Å². The lowest BCUT2D eigenvalue weighted by atomic mass is 10.1. The number of carbonyl (C=O) groups is 2. The van der Waals surface area contributed by atoms with Crippen LogP contribution < -0.4 is 10.2 Å². The first kappa shape index (κ1) is 19.0. The summed E-state index contributed by atoms with van der Waals surface area (Å²) in [6.07, 6.45) is 0.474. The fourth-order valence-corrected chi connectivity index (χ4v) is 3.27. The number of benzene rings is 2. The van der Waals surface area contributed by atoms with Gasteiger partial charge in [0.05, 0.1) is 0 Å². The molecule has 6 heteroatoms. The zero-order chi connectivity index (χ0) is 19.2. The first-order valence-corrected chi connectivity index (χ1v) is 9.12. The molecule has 0 radical (unpaired) electrons. The first-order valence-electron chi connectivity index (χ1n) is 9.12. The Bertz CT molecular complexity index is 780. The predicted molar refractivity (Wildman–Crippen MR) is 103 cm³/mol. The summed E-state index contributed by atoms with van der Waals surface area (Å²) in [6, 6.07) is 15.9. The van der Waals surface area contributed by atoms with Crippen molar-refractivity contribution in [2.75, 3.05) is 31.6 Å². The molecule has 2 aromatic carbocycles. The third kappa shape index (κ3) is 4.92. The monoisotopic (exact) mass is 369 g/mol. The van der Waals surface area contributed by atoms with Crippen molar-refractivity contribution in [2.24, 2.45) is 5.92 Å². The molecule has 1 aliphatic heterocycles. The largest absolute Gasteiger partial charge is 0.354 e. The molecule has 1 atom stereocenters. The maximum Gasteiger partial charge on any atom is 0.239 e. The van der Waals surface area contributed by atoms with Crippen molar-refractivity contribution in [3.8, 4) is 0 Å². The van der Waals surface area contributed by atoms with Crippen LogP contribution in [0.3, 0.4) is 0 Å². The van der Waals surface area contributed by atoms with Crippen molar-refractivity contribution in [1.29, 1.82) is 0 Å². The number of likely N-dealkylation sites (N-methyl/N-ethyl adjacent to an activating group) is 1. The Morgan fingerprint density at radius 3 is 2.59 bits per heavy atom. The number of rotatable bonds is 7. The van der Waals surface area contributed by atoms with Gasteiger partial charge in [0.2, 0.25) is 11.8 Å².